The van der Waals surface area contributed by atoms with Gasteiger partial charge in [-0.25, -0.2) is 29.9 Å². The molecule has 686 valence electrons. The molecule has 0 spiro atoms. The summed E-state index contributed by atoms with van der Waals surface area (Å²) in [5.41, 5.74) is 23.5. The van der Waals surface area contributed by atoms with E-state index in [2.05, 4.69) is 385 Å². The predicted molar refractivity (Wildman–Crippen MR) is 590 cm³/mol. The van der Waals surface area contributed by atoms with Crippen molar-refractivity contribution in [2.75, 3.05) is 9.80 Å². The summed E-state index contributed by atoms with van der Waals surface area (Å²) >= 11 is 0. The van der Waals surface area contributed by atoms with E-state index in [1.165, 1.54) is 34.3 Å². The second-order valence-electron chi connectivity index (χ2n) is 35.6. The highest BCUT2D eigenvalue weighted by Crippen LogP contribution is 2.48. The van der Waals surface area contributed by atoms with E-state index in [0.717, 1.165) is 171 Å². The van der Waals surface area contributed by atoms with Gasteiger partial charge in [-0.3, -0.25) is 23.2 Å². The van der Waals surface area contributed by atoms with Gasteiger partial charge in [-0.05, 0) is 133 Å². The van der Waals surface area contributed by atoms with Crippen LogP contribution in [-0.4, -0.2) is 87.2 Å². The van der Waals surface area contributed by atoms with E-state index < -0.39 is 0 Å². The fourth-order valence-corrected chi connectivity index (χ4v) is 21.0. The van der Waals surface area contributed by atoms with Crippen molar-refractivity contribution in [1.29, 1.82) is 0 Å². The minimum atomic E-state index is 0.499. The van der Waals surface area contributed by atoms with Crippen molar-refractivity contribution in [3.63, 3.8) is 0 Å². The number of fused-ring (bicyclic) bond motifs is 21. The van der Waals surface area contributed by atoms with Crippen molar-refractivity contribution in [2.24, 2.45) is 0 Å². The molecule has 0 unspecified atom stereocenters. The largest absolute Gasteiger partial charge is 0.311 e. The Hall–Kier alpha value is -20.4. The zero-order chi connectivity index (χ0) is 96.5. The lowest BCUT2D eigenvalue weighted by Gasteiger charge is -2.25. The first kappa shape index (κ1) is 84.9. The van der Waals surface area contributed by atoms with Crippen molar-refractivity contribution in [1.82, 2.24) is 87.2 Å². The molecule has 10 heterocycles. The fourth-order valence-electron chi connectivity index (χ4n) is 21.0. The molecule has 0 atom stereocenters. The molecule has 0 aliphatic heterocycles. The number of benzene rings is 19. The molecule has 0 saturated carbocycles. The second-order valence-corrected chi connectivity index (χ2v) is 35.6. The molecule has 29 aromatic rings. The average Bonchev–Trinajstić information content (AvgIpc) is 1.55. The average molecular weight is 1880 g/mol. The summed E-state index contributed by atoms with van der Waals surface area (Å²) in [4.78, 5) is 63.3. The SMILES string of the molecule is c1ccc(-c2nc(-c3ccccc3)nc(-n3c4ccccc4c4ccc5c6ccccc6n(-c6ncncn6)c5c43)n2)cc1.c1ccc(-c2ncnc(-n3c4ccccc4c4ccc5c6ccccc6n(-c6ccccc6)c5c43)n2)cc1.c1ccc(N(c2ccccc2)c2ccc(-c3nc(N(c4ccccc4)c4ccccc4)nc(-n4c5ccccc5c5ccc6c7ccccc7n(-c7ccccc7)c6c54)n3)cc2)cc1. The van der Waals surface area contributed by atoms with Crippen LogP contribution in [0.3, 0.4) is 0 Å². The highest BCUT2D eigenvalue weighted by Gasteiger charge is 2.30. The maximum Gasteiger partial charge on any atom is 0.240 e. The molecule has 0 N–H and O–H groups in total. The van der Waals surface area contributed by atoms with Gasteiger partial charge < -0.3 is 14.0 Å². The zero-order valence-corrected chi connectivity index (χ0v) is 78.3. The first-order valence-electron chi connectivity index (χ1n) is 48.4. The van der Waals surface area contributed by atoms with Gasteiger partial charge in [0.25, 0.3) is 0 Å². The number of hydrogen-bond donors (Lipinski definition) is 0. The summed E-state index contributed by atoms with van der Waals surface area (Å²) in [6.45, 7) is 0. The zero-order valence-electron chi connectivity index (χ0n) is 78.3. The Bertz CT molecular complexity index is 9850. The highest BCUT2D eigenvalue weighted by atomic mass is 15.3. The number of nitrogens with zero attached hydrogens (tertiary/aromatic N) is 20. The van der Waals surface area contributed by atoms with Gasteiger partial charge in [-0.1, -0.05) is 346 Å². The summed E-state index contributed by atoms with van der Waals surface area (Å²) in [7, 11) is 0. The van der Waals surface area contributed by atoms with E-state index in [1.54, 1.807) is 6.33 Å². The molecule has 0 saturated heterocycles. The van der Waals surface area contributed by atoms with E-state index in [4.69, 9.17) is 39.9 Å². The Morgan fingerprint density at radius 3 is 0.753 bits per heavy atom. The third-order valence-electron chi connectivity index (χ3n) is 27.2. The predicted octanol–water partition coefficient (Wildman–Crippen LogP) is 30.0. The Labute approximate surface area is 835 Å². The van der Waals surface area contributed by atoms with Crippen LogP contribution < -0.4 is 9.80 Å². The van der Waals surface area contributed by atoms with Crippen molar-refractivity contribution in [3.05, 3.63) is 498 Å². The monoisotopic (exact) mass is 1870 g/mol. The van der Waals surface area contributed by atoms with Crippen LogP contribution in [0.25, 0.3) is 212 Å². The smallest absolute Gasteiger partial charge is 0.240 e. The van der Waals surface area contributed by atoms with Gasteiger partial charge in [0.15, 0.2) is 23.3 Å². The molecule has 0 amide bonds. The van der Waals surface area contributed by atoms with Crippen molar-refractivity contribution in [3.8, 4) is 80.7 Å². The molecule has 146 heavy (non-hydrogen) atoms. The highest BCUT2D eigenvalue weighted by molar-refractivity contribution is 6.27. The second kappa shape index (κ2) is 36.1. The van der Waals surface area contributed by atoms with Gasteiger partial charge in [0, 0.05) is 127 Å². The van der Waals surface area contributed by atoms with E-state index in [1.807, 2.05) is 152 Å². The molecule has 20 nitrogen and oxygen atoms in total. The van der Waals surface area contributed by atoms with Crippen LogP contribution in [0.5, 0.6) is 0 Å². The number of hydrogen-bond acceptors (Lipinski definition) is 14. The number of para-hydroxylation sites is 12. The van der Waals surface area contributed by atoms with Gasteiger partial charge in [0.05, 0.1) is 66.2 Å². The molecule has 10 aromatic heterocycles. The van der Waals surface area contributed by atoms with E-state index >= 15 is 0 Å². The van der Waals surface area contributed by atoms with Crippen LogP contribution in [0.4, 0.5) is 34.4 Å². The summed E-state index contributed by atoms with van der Waals surface area (Å²) in [6, 6.07) is 166. The number of rotatable bonds is 16. The van der Waals surface area contributed by atoms with Crippen LogP contribution in [0.2, 0.25) is 0 Å². The van der Waals surface area contributed by atoms with E-state index in [-0.39, 0.29) is 0 Å². The molecular formula is C126H82N20. The van der Waals surface area contributed by atoms with Crippen molar-refractivity contribution in [2.45, 2.75) is 0 Å². The molecule has 0 aliphatic carbocycles. The van der Waals surface area contributed by atoms with Gasteiger partial charge >= 0.3 is 0 Å². The summed E-state index contributed by atoms with van der Waals surface area (Å²) in [6.07, 6.45) is 4.67. The first-order chi connectivity index (χ1) is 72.5. The minimum Gasteiger partial charge on any atom is -0.311 e. The lowest BCUT2D eigenvalue weighted by molar-refractivity contribution is 0.932. The standard InChI is InChI=1S/C57H39N7.C36H22N8.C33H21N5/c1-6-20-41(21-7-1)61(42-22-8-2-9-23-42)46-36-34-40(35-37-46)55-58-56(62(43-24-10-3-11-25-43)44-26-12-4-13-27-44)60-57(59-55)64-52-33-19-17-31-48(52)50-39-38-49-47-30-16-18-32-51(47)63(53(49)54(50)64)45-28-14-5-15-29-45;1-3-11-23(12-4-1)33-40-34(24-13-5-2-6-14-24)42-36(41-33)44-30-18-10-8-16-26(30)28-20-19-27-25-15-7-9-17-29(25)43(31(27)32(28)44)35-38-21-37-22-39-35;1-3-11-22(12-4-1)32-34-21-35-33(36-32)38-29-18-10-8-16-25(29)27-20-19-26-24-15-7-9-17-28(24)37(30(26)31(27)38)23-13-5-2-6-14-23/h1-39H;1-22H;1-21H. The van der Waals surface area contributed by atoms with Crippen LogP contribution in [0.1, 0.15) is 0 Å². The summed E-state index contributed by atoms with van der Waals surface area (Å²) in [5, 5.41) is 13.6. The number of anilines is 6. The Kier molecular flexibility index (Phi) is 21.0. The molecule has 0 fully saturated rings. The summed E-state index contributed by atoms with van der Waals surface area (Å²) < 4.78 is 13.5. The van der Waals surface area contributed by atoms with Crippen LogP contribution in [0, 0.1) is 0 Å². The Morgan fingerprint density at radius 2 is 0.397 bits per heavy atom. The van der Waals surface area contributed by atoms with Gasteiger partial charge in [-0.15, -0.1) is 0 Å². The lowest BCUT2D eigenvalue weighted by Crippen LogP contribution is -2.16. The minimum absolute atomic E-state index is 0.499. The molecule has 0 bridgehead atoms. The molecule has 19 aromatic carbocycles. The van der Waals surface area contributed by atoms with Gasteiger partial charge in [-0.2, -0.15) is 29.9 Å². The quantitative estimate of drug-likeness (QED) is 0.0887. The van der Waals surface area contributed by atoms with Gasteiger partial charge in [0.2, 0.25) is 29.7 Å². The molecule has 0 aliphatic rings. The molecule has 29 rings (SSSR count). The topological polar surface area (TPSA) is 191 Å². The Morgan fingerprint density at radius 1 is 0.151 bits per heavy atom. The Balaban J connectivity index is 0.000000113. The third kappa shape index (κ3) is 14.6. The van der Waals surface area contributed by atoms with Crippen LogP contribution >= 0.6 is 0 Å². The molecular weight excluding hydrogens is 1790 g/mol. The molecule has 20 heteroatoms. The number of aromatic nitrogens is 18. The van der Waals surface area contributed by atoms with Gasteiger partial charge in [0.1, 0.15) is 19.0 Å². The van der Waals surface area contributed by atoms with Crippen molar-refractivity contribution < 1.29 is 0 Å². The molecule has 0 radical (unpaired) electrons. The first-order valence-corrected chi connectivity index (χ1v) is 48.4. The fraction of sp³-hybridized carbons (Fsp3) is 0. The maximum atomic E-state index is 5.49. The van der Waals surface area contributed by atoms with Crippen LogP contribution in [-0.2, 0) is 0 Å². The van der Waals surface area contributed by atoms with Crippen LogP contribution in [0.15, 0.2) is 498 Å². The van der Waals surface area contributed by atoms with E-state index in [0.29, 0.717) is 53.0 Å². The lowest BCUT2D eigenvalue weighted by atomic mass is 10.1. The normalized spacial score (nSPS) is 11.6. The summed E-state index contributed by atoms with van der Waals surface area (Å²) in [5.74, 6) is 5.09. The third-order valence-corrected chi connectivity index (χ3v) is 27.2. The van der Waals surface area contributed by atoms with Crippen molar-refractivity contribution >= 4 is 165 Å². The van der Waals surface area contributed by atoms with E-state index in [9.17, 15) is 0 Å². The maximum absolute atomic E-state index is 5.49.